The van der Waals surface area contributed by atoms with Crippen molar-refractivity contribution in [1.29, 1.82) is 0 Å². The molecule has 112 valence electrons. The van der Waals surface area contributed by atoms with E-state index in [-0.39, 0.29) is 29.2 Å². The molecule has 0 spiro atoms. The Hall–Kier alpha value is -1.09. The number of rotatable bonds is 2. The lowest BCUT2D eigenvalue weighted by Crippen LogP contribution is -2.46. The van der Waals surface area contributed by atoms with Gasteiger partial charge in [-0.1, -0.05) is 15.9 Å². The summed E-state index contributed by atoms with van der Waals surface area (Å²) < 4.78 is 73.9. The lowest BCUT2D eigenvalue weighted by atomic mass is 10.0. The highest BCUT2D eigenvalue weighted by molar-refractivity contribution is 9.10. The van der Waals surface area contributed by atoms with Gasteiger partial charge in [0.2, 0.25) is 0 Å². The van der Waals surface area contributed by atoms with E-state index < -0.39 is 23.7 Å². The third kappa shape index (κ3) is 2.56. The lowest BCUT2D eigenvalue weighted by Gasteiger charge is -2.28. The number of halogens is 6. The van der Waals surface area contributed by atoms with Crippen LogP contribution in [0, 0.1) is 0 Å². The molecule has 3 nitrogen and oxygen atoms in total. The first-order valence-corrected chi connectivity index (χ1v) is 6.23. The van der Waals surface area contributed by atoms with Crippen molar-refractivity contribution in [2.45, 2.75) is 18.1 Å². The van der Waals surface area contributed by atoms with E-state index in [0.29, 0.717) is 0 Å². The van der Waals surface area contributed by atoms with Gasteiger partial charge in [0.05, 0.1) is 0 Å². The van der Waals surface area contributed by atoms with Gasteiger partial charge in [-0.15, -0.1) is 0 Å². The first kappa shape index (κ1) is 15.3. The maximum atomic E-state index is 13.3. The molecule has 0 radical (unpaired) electrons. The van der Waals surface area contributed by atoms with Crippen LogP contribution in [0.1, 0.15) is 11.6 Å². The van der Waals surface area contributed by atoms with Crippen molar-refractivity contribution in [3.05, 3.63) is 22.2 Å². The van der Waals surface area contributed by atoms with Crippen LogP contribution in [-0.4, -0.2) is 25.3 Å². The fourth-order valence-electron chi connectivity index (χ4n) is 1.69. The SMILES string of the molecule is NC(c1cc2c(cc1Br)OCCO2)C(F)(F)C(F)(F)F. The van der Waals surface area contributed by atoms with Crippen LogP contribution in [0.2, 0.25) is 0 Å². The molecule has 1 aliphatic rings. The highest BCUT2D eigenvalue weighted by Crippen LogP contribution is 2.47. The average molecular weight is 362 g/mol. The topological polar surface area (TPSA) is 44.5 Å². The summed E-state index contributed by atoms with van der Waals surface area (Å²) in [5.41, 5.74) is 4.69. The second kappa shape index (κ2) is 5.03. The van der Waals surface area contributed by atoms with Crippen molar-refractivity contribution in [1.82, 2.24) is 0 Å². The normalized spacial score (nSPS) is 16.9. The molecule has 1 aromatic carbocycles. The molecular formula is C11H9BrF5NO2. The number of nitrogens with two attached hydrogens (primary N) is 1. The van der Waals surface area contributed by atoms with E-state index in [2.05, 4.69) is 15.9 Å². The van der Waals surface area contributed by atoms with E-state index in [1.54, 1.807) is 0 Å². The van der Waals surface area contributed by atoms with Gasteiger partial charge in [-0.3, -0.25) is 0 Å². The van der Waals surface area contributed by atoms with Gasteiger partial charge in [0.25, 0.3) is 0 Å². The van der Waals surface area contributed by atoms with Crippen molar-refractivity contribution in [3.8, 4) is 11.5 Å². The van der Waals surface area contributed by atoms with Crippen LogP contribution in [0.5, 0.6) is 11.5 Å². The number of alkyl halides is 5. The molecule has 0 saturated carbocycles. The summed E-state index contributed by atoms with van der Waals surface area (Å²) >= 11 is 2.92. The van der Waals surface area contributed by atoms with Gasteiger partial charge in [-0.2, -0.15) is 22.0 Å². The zero-order chi connectivity index (χ0) is 15.1. The molecule has 1 unspecified atom stereocenters. The second-order valence-corrected chi connectivity index (χ2v) is 4.97. The molecule has 0 bridgehead atoms. The smallest absolute Gasteiger partial charge is 0.455 e. The highest BCUT2D eigenvalue weighted by atomic mass is 79.9. The van der Waals surface area contributed by atoms with Gasteiger partial charge in [0.1, 0.15) is 19.3 Å². The maximum absolute atomic E-state index is 13.3. The van der Waals surface area contributed by atoms with Gasteiger partial charge >= 0.3 is 12.1 Å². The minimum atomic E-state index is -5.74. The maximum Gasteiger partial charge on any atom is 0.455 e. The summed E-state index contributed by atoms with van der Waals surface area (Å²) in [5, 5.41) is 0. The molecule has 1 aromatic rings. The molecule has 9 heteroatoms. The predicted octanol–water partition coefficient (Wildman–Crippen LogP) is 3.42. The van der Waals surface area contributed by atoms with Gasteiger partial charge in [0.15, 0.2) is 11.5 Å². The van der Waals surface area contributed by atoms with Crippen molar-refractivity contribution in [2.75, 3.05) is 13.2 Å². The van der Waals surface area contributed by atoms with Crippen LogP contribution in [0.3, 0.4) is 0 Å². The van der Waals surface area contributed by atoms with Crippen LogP contribution < -0.4 is 15.2 Å². The molecule has 2 rings (SSSR count). The summed E-state index contributed by atoms with van der Waals surface area (Å²) in [6, 6.07) is -0.258. The zero-order valence-electron chi connectivity index (χ0n) is 9.81. The fourth-order valence-corrected chi connectivity index (χ4v) is 2.26. The van der Waals surface area contributed by atoms with E-state index in [1.165, 1.54) is 6.07 Å². The fraction of sp³-hybridized carbons (Fsp3) is 0.455. The number of hydrogen-bond donors (Lipinski definition) is 1. The van der Waals surface area contributed by atoms with E-state index >= 15 is 0 Å². The molecule has 2 N–H and O–H groups in total. The molecule has 1 heterocycles. The molecule has 1 aliphatic heterocycles. The van der Waals surface area contributed by atoms with E-state index in [9.17, 15) is 22.0 Å². The van der Waals surface area contributed by atoms with E-state index in [1.807, 2.05) is 0 Å². The second-order valence-electron chi connectivity index (χ2n) is 4.12. The molecule has 0 amide bonds. The first-order valence-electron chi connectivity index (χ1n) is 5.43. The Labute approximate surface area is 119 Å². The number of benzene rings is 1. The van der Waals surface area contributed by atoms with E-state index in [4.69, 9.17) is 15.2 Å². The predicted molar refractivity (Wildman–Crippen MR) is 63.1 cm³/mol. The van der Waals surface area contributed by atoms with Crippen molar-refractivity contribution in [3.63, 3.8) is 0 Å². The van der Waals surface area contributed by atoms with Crippen LogP contribution in [0.25, 0.3) is 0 Å². The first-order chi connectivity index (χ1) is 9.14. The van der Waals surface area contributed by atoms with Gasteiger partial charge < -0.3 is 15.2 Å². The molecular weight excluding hydrogens is 353 g/mol. The standard InChI is InChI=1S/C11H9BrF5NO2/c12-6-4-8-7(19-1-2-20-8)3-5(6)9(18)10(13,14)11(15,16)17/h3-4,9H,1-2,18H2. The Morgan fingerprint density at radius 2 is 1.55 bits per heavy atom. The Kier molecular flexibility index (Phi) is 3.85. The Bertz CT molecular complexity index is 520. The summed E-state index contributed by atoms with van der Waals surface area (Å²) in [6.07, 6.45) is -5.74. The van der Waals surface area contributed by atoms with Crippen LogP contribution in [0.4, 0.5) is 22.0 Å². The van der Waals surface area contributed by atoms with E-state index in [0.717, 1.165) is 6.07 Å². The number of hydrogen-bond acceptors (Lipinski definition) is 3. The van der Waals surface area contributed by atoms with Gasteiger partial charge in [-0.05, 0) is 17.7 Å². The van der Waals surface area contributed by atoms with Gasteiger partial charge in [0, 0.05) is 4.47 Å². The molecule has 0 aromatic heterocycles. The zero-order valence-corrected chi connectivity index (χ0v) is 11.4. The quantitative estimate of drug-likeness (QED) is 0.821. The summed E-state index contributed by atoms with van der Waals surface area (Å²) in [4.78, 5) is 0. The molecule has 1 atom stereocenters. The lowest BCUT2D eigenvalue weighted by molar-refractivity contribution is -0.291. The number of fused-ring (bicyclic) bond motifs is 1. The van der Waals surface area contributed by atoms with Crippen molar-refractivity contribution < 1.29 is 31.4 Å². The van der Waals surface area contributed by atoms with Crippen molar-refractivity contribution >= 4 is 15.9 Å². The van der Waals surface area contributed by atoms with Crippen molar-refractivity contribution in [2.24, 2.45) is 5.73 Å². The highest BCUT2D eigenvalue weighted by Gasteiger charge is 2.62. The van der Waals surface area contributed by atoms with Crippen LogP contribution >= 0.6 is 15.9 Å². The Morgan fingerprint density at radius 1 is 1.05 bits per heavy atom. The Morgan fingerprint density at radius 3 is 2.05 bits per heavy atom. The largest absolute Gasteiger partial charge is 0.486 e. The van der Waals surface area contributed by atoms with Gasteiger partial charge in [-0.25, -0.2) is 0 Å². The molecule has 20 heavy (non-hydrogen) atoms. The third-order valence-electron chi connectivity index (χ3n) is 2.77. The Balaban J connectivity index is 2.42. The minimum Gasteiger partial charge on any atom is -0.486 e. The molecule has 0 aliphatic carbocycles. The number of ether oxygens (including phenoxy) is 2. The molecule has 0 fully saturated rings. The van der Waals surface area contributed by atoms with Crippen LogP contribution in [0.15, 0.2) is 16.6 Å². The summed E-state index contributed by atoms with van der Waals surface area (Å²) in [7, 11) is 0. The molecule has 0 saturated heterocycles. The monoisotopic (exact) mass is 361 g/mol. The average Bonchev–Trinajstić information content (AvgIpc) is 2.35. The summed E-state index contributed by atoms with van der Waals surface area (Å²) in [6.45, 7) is 0.447. The minimum absolute atomic E-state index is 0.00169. The summed E-state index contributed by atoms with van der Waals surface area (Å²) in [5.74, 6) is -4.71. The van der Waals surface area contributed by atoms with Crippen LogP contribution in [-0.2, 0) is 0 Å². The third-order valence-corrected chi connectivity index (χ3v) is 3.45.